The molecule has 15 heavy (non-hydrogen) atoms. The molecule has 0 saturated carbocycles. The molecule has 0 aliphatic heterocycles. The van der Waals surface area contributed by atoms with Crippen LogP contribution in [0.5, 0.6) is 11.5 Å². The Kier molecular flexibility index (Phi) is 3.83. The summed E-state index contributed by atoms with van der Waals surface area (Å²) in [5.74, 6) is 1.65. The first-order chi connectivity index (χ1) is 7.10. The predicted molar refractivity (Wildman–Crippen MR) is 63.1 cm³/mol. The number of methoxy groups -OCH3 is 2. The van der Waals surface area contributed by atoms with Crippen LogP contribution in [0, 0.1) is 0 Å². The number of hydrogen-bond acceptors (Lipinski definition) is 3. The molecule has 0 unspecified atom stereocenters. The lowest BCUT2D eigenvalue weighted by Crippen LogP contribution is -2.25. The van der Waals surface area contributed by atoms with Gasteiger partial charge in [0.05, 0.1) is 19.9 Å². The lowest BCUT2D eigenvalue weighted by Gasteiger charge is -2.25. The van der Waals surface area contributed by atoms with Gasteiger partial charge in [-0.25, -0.2) is 0 Å². The first kappa shape index (κ1) is 11.7. The standard InChI is InChI=1S/C12H19NO2/c1-9(2)13(3)11-7-6-10(14-4)8-12(11)15-5/h6-9H,1-5H3. The minimum absolute atomic E-state index is 0.437. The first-order valence-corrected chi connectivity index (χ1v) is 5.05. The van der Waals surface area contributed by atoms with Crippen molar-refractivity contribution in [2.75, 3.05) is 26.2 Å². The fraction of sp³-hybridized carbons (Fsp3) is 0.500. The second-order valence-electron chi connectivity index (χ2n) is 3.74. The fourth-order valence-electron chi connectivity index (χ4n) is 1.35. The average Bonchev–Trinajstić information content (AvgIpc) is 2.27. The van der Waals surface area contributed by atoms with Crippen molar-refractivity contribution in [3.05, 3.63) is 18.2 Å². The molecule has 3 heteroatoms. The Bertz CT molecular complexity index is 323. The topological polar surface area (TPSA) is 21.7 Å². The number of benzene rings is 1. The Balaban J connectivity index is 3.07. The molecule has 0 aromatic heterocycles. The van der Waals surface area contributed by atoms with E-state index in [1.807, 2.05) is 18.2 Å². The molecule has 0 radical (unpaired) electrons. The van der Waals surface area contributed by atoms with Gasteiger partial charge in [-0.15, -0.1) is 0 Å². The van der Waals surface area contributed by atoms with Gasteiger partial charge >= 0.3 is 0 Å². The lowest BCUT2D eigenvalue weighted by molar-refractivity contribution is 0.394. The van der Waals surface area contributed by atoms with Gasteiger partial charge in [-0.1, -0.05) is 0 Å². The van der Waals surface area contributed by atoms with E-state index in [1.165, 1.54) is 0 Å². The zero-order valence-electron chi connectivity index (χ0n) is 10.1. The molecule has 0 amide bonds. The van der Waals surface area contributed by atoms with Gasteiger partial charge in [0, 0.05) is 19.2 Å². The second kappa shape index (κ2) is 4.91. The monoisotopic (exact) mass is 209 g/mol. The van der Waals surface area contributed by atoms with E-state index < -0.39 is 0 Å². The summed E-state index contributed by atoms with van der Waals surface area (Å²) in [6.07, 6.45) is 0. The van der Waals surface area contributed by atoms with Gasteiger partial charge in [0.15, 0.2) is 0 Å². The van der Waals surface area contributed by atoms with E-state index in [1.54, 1.807) is 14.2 Å². The third-order valence-corrected chi connectivity index (χ3v) is 2.54. The molecular weight excluding hydrogens is 190 g/mol. The molecule has 84 valence electrons. The quantitative estimate of drug-likeness (QED) is 0.760. The maximum Gasteiger partial charge on any atom is 0.145 e. The van der Waals surface area contributed by atoms with Gasteiger partial charge in [-0.05, 0) is 26.0 Å². The third-order valence-electron chi connectivity index (χ3n) is 2.54. The van der Waals surface area contributed by atoms with E-state index in [2.05, 4.69) is 25.8 Å². The Labute approximate surface area is 91.6 Å². The molecule has 3 nitrogen and oxygen atoms in total. The van der Waals surface area contributed by atoms with Crippen LogP contribution in [0.25, 0.3) is 0 Å². The first-order valence-electron chi connectivity index (χ1n) is 5.05. The van der Waals surface area contributed by atoms with Gasteiger partial charge in [-0.2, -0.15) is 0 Å². The van der Waals surface area contributed by atoms with Crippen molar-refractivity contribution in [2.24, 2.45) is 0 Å². The molecule has 1 aromatic rings. The molecular formula is C12H19NO2. The van der Waals surface area contributed by atoms with Crippen LogP contribution in [0.2, 0.25) is 0 Å². The van der Waals surface area contributed by atoms with E-state index in [9.17, 15) is 0 Å². The molecule has 1 aromatic carbocycles. The second-order valence-corrected chi connectivity index (χ2v) is 3.74. The third kappa shape index (κ3) is 2.55. The highest BCUT2D eigenvalue weighted by atomic mass is 16.5. The number of nitrogens with zero attached hydrogens (tertiary/aromatic N) is 1. The summed E-state index contributed by atoms with van der Waals surface area (Å²) in [4.78, 5) is 2.16. The van der Waals surface area contributed by atoms with Crippen molar-refractivity contribution in [1.29, 1.82) is 0 Å². The number of anilines is 1. The minimum Gasteiger partial charge on any atom is -0.497 e. The van der Waals surface area contributed by atoms with Crippen LogP contribution in [0.4, 0.5) is 5.69 Å². The molecule has 0 aliphatic carbocycles. The summed E-state index contributed by atoms with van der Waals surface area (Å²) in [7, 11) is 5.38. The molecule has 0 spiro atoms. The predicted octanol–water partition coefficient (Wildman–Crippen LogP) is 2.55. The number of hydrogen-bond donors (Lipinski definition) is 0. The molecule has 0 bridgehead atoms. The minimum atomic E-state index is 0.437. The van der Waals surface area contributed by atoms with Crippen LogP contribution in [-0.4, -0.2) is 27.3 Å². The smallest absolute Gasteiger partial charge is 0.145 e. The molecule has 0 heterocycles. The van der Waals surface area contributed by atoms with Crippen molar-refractivity contribution in [3.63, 3.8) is 0 Å². The molecule has 0 fully saturated rings. The highest BCUT2D eigenvalue weighted by Gasteiger charge is 2.11. The van der Waals surface area contributed by atoms with Crippen molar-refractivity contribution < 1.29 is 9.47 Å². The van der Waals surface area contributed by atoms with Crippen LogP contribution >= 0.6 is 0 Å². The summed E-state index contributed by atoms with van der Waals surface area (Å²) in [6.45, 7) is 4.29. The Hall–Kier alpha value is -1.38. The van der Waals surface area contributed by atoms with Gasteiger partial charge in [0.25, 0.3) is 0 Å². The summed E-state index contributed by atoms with van der Waals surface area (Å²) in [6, 6.07) is 6.29. The van der Waals surface area contributed by atoms with Crippen molar-refractivity contribution in [2.45, 2.75) is 19.9 Å². The van der Waals surface area contributed by atoms with Gasteiger partial charge in [0.1, 0.15) is 11.5 Å². The highest BCUT2D eigenvalue weighted by Crippen LogP contribution is 2.32. The van der Waals surface area contributed by atoms with Crippen LogP contribution in [0.3, 0.4) is 0 Å². The van der Waals surface area contributed by atoms with E-state index >= 15 is 0 Å². The van der Waals surface area contributed by atoms with Gasteiger partial charge < -0.3 is 14.4 Å². The van der Waals surface area contributed by atoms with E-state index in [0.29, 0.717) is 6.04 Å². The van der Waals surface area contributed by atoms with Crippen LogP contribution in [-0.2, 0) is 0 Å². The number of ether oxygens (including phenoxy) is 2. The van der Waals surface area contributed by atoms with Crippen molar-refractivity contribution >= 4 is 5.69 Å². The Morgan fingerprint density at radius 3 is 2.27 bits per heavy atom. The summed E-state index contributed by atoms with van der Waals surface area (Å²) < 4.78 is 10.5. The maximum atomic E-state index is 5.34. The normalized spacial score (nSPS) is 10.3. The lowest BCUT2D eigenvalue weighted by atomic mass is 10.2. The highest BCUT2D eigenvalue weighted by molar-refractivity contribution is 5.61. The number of rotatable bonds is 4. The zero-order chi connectivity index (χ0) is 11.4. The van der Waals surface area contributed by atoms with Crippen LogP contribution < -0.4 is 14.4 Å². The SMILES string of the molecule is COc1ccc(N(C)C(C)C)c(OC)c1. The van der Waals surface area contributed by atoms with E-state index in [0.717, 1.165) is 17.2 Å². The summed E-state index contributed by atoms with van der Waals surface area (Å²) in [5.41, 5.74) is 1.08. The molecule has 1 rings (SSSR count). The average molecular weight is 209 g/mol. The van der Waals surface area contributed by atoms with E-state index in [4.69, 9.17) is 9.47 Å². The van der Waals surface area contributed by atoms with Gasteiger partial charge in [0.2, 0.25) is 0 Å². The molecule has 0 saturated heterocycles. The Morgan fingerprint density at radius 2 is 1.80 bits per heavy atom. The zero-order valence-corrected chi connectivity index (χ0v) is 10.1. The van der Waals surface area contributed by atoms with Crippen molar-refractivity contribution in [1.82, 2.24) is 0 Å². The largest absolute Gasteiger partial charge is 0.497 e. The molecule has 0 aliphatic rings. The van der Waals surface area contributed by atoms with Crippen LogP contribution in [0.1, 0.15) is 13.8 Å². The molecule has 0 atom stereocenters. The fourth-order valence-corrected chi connectivity index (χ4v) is 1.35. The van der Waals surface area contributed by atoms with E-state index in [-0.39, 0.29) is 0 Å². The molecule has 0 N–H and O–H groups in total. The maximum absolute atomic E-state index is 5.34. The van der Waals surface area contributed by atoms with Gasteiger partial charge in [-0.3, -0.25) is 0 Å². The van der Waals surface area contributed by atoms with Crippen molar-refractivity contribution in [3.8, 4) is 11.5 Å². The summed E-state index contributed by atoms with van der Waals surface area (Å²) in [5, 5.41) is 0. The summed E-state index contributed by atoms with van der Waals surface area (Å²) >= 11 is 0. The van der Waals surface area contributed by atoms with Crippen LogP contribution in [0.15, 0.2) is 18.2 Å². The Morgan fingerprint density at radius 1 is 1.13 bits per heavy atom.